The Labute approximate surface area is 319 Å². The summed E-state index contributed by atoms with van der Waals surface area (Å²) < 4.78 is 125. The molecule has 0 spiro atoms. The number of esters is 1. The summed E-state index contributed by atoms with van der Waals surface area (Å²) in [6.07, 6.45) is -6.95. The molecule has 57 heavy (non-hydrogen) atoms. The van der Waals surface area contributed by atoms with Gasteiger partial charge in [-0.25, -0.2) is 4.79 Å². The molecule has 294 valence electrons. The number of alkyl halides is 9. The second-order valence-electron chi connectivity index (χ2n) is 12.6. The van der Waals surface area contributed by atoms with Crippen LogP contribution in [0.15, 0.2) is 142 Å². The van der Waals surface area contributed by atoms with Crippen LogP contribution in [-0.2, 0) is 5.92 Å². The van der Waals surface area contributed by atoms with E-state index in [1.54, 1.807) is 12.1 Å². The first-order valence-corrected chi connectivity index (χ1v) is 17.2. The van der Waals surface area contributed by atoms with Gasteiger partial charge in [-0.15, -0.1) is 15.3 Å². The zero-order valence-electron chi connectivity index (χ0n) is 29.9. The molecule has 0 aliphatic carbocycles. The predicted molar refractivity (Wildman–Crippen MR) is 197 cm³/mol. The van der Waals surface area contributed by atoms with Crippen molar-refractivity contribution in [1.29, 1.82) is 0 Å². The van der Waals surface area contributed by atoms with Gasteiger partial charge in [-0.05, 0) is 74.5 Å². The van der Waals surface area contributed by atoms with Crippen LogP contribution >= 0.6 is 0 Å². The number of benzene rings is 6. The number of fused-ring (bicyclic) bond motifs is 2. The lowest BCUT2D eigenvalue weighted by atomic mass is 9.96. The van der Waals surface area contributed by atoms with Gasteiger partial charge in [0.1, 0.15) is 5.75 Å². The zero-order valence-corrected chi connectivity index (χ0v) is 29.9. The standard InChI is InChI=1S/C41H30F9N5O2/c1-3-55(4-2)36-24-23-35(31-11-7-8-12-32(31)36)54-53-34-22-21-33(29-9-5-6-10-30(29)34)52-51-27-17-19-28(20-18-27)57-37(56)25-13-15-26(16-14-25)38(42,43)39(44,45)40(46,47)41(48,49)50/h5-24H,3-4H2,1-2H3. The van der Waals surface area contributed by atoms with Crippen LogP contribution in [0.5, 0.6) is 5.75 Å². The van der Waals surface area contributed by atoms with Crippen LogP contribution in [0.3, 0.4) is 0 Å². The van der Waals surface area contributed by atoms with Crippen LogP contribution in [0.2, 0.25) is 0 Å². The molecule has 16 heteroatoms. The number of ether oxygens (including phenoxy) is 1. The van der Waals surface area contributed by atoms with E-state index in [9.17, 15) is 44.3 Å². The number of anilines is 1. The van der Waals surface area contributed by atoms with Crippen molar-refractivity contribution >= 4 is 56.0 Å². The highest BCUT2D eigenvalue weighted by molar-refractivity contribution is 6.02. The smallest absolute Gasteiger partial charge is 0.423 e. The molecule has 0 radical (unpaired) electrons. The molecule has 0 aromatic heterocycles. The lowest BCUT2D eigenvalue weighted by Crippen LogP contribution is -2.59. The highest BCUT2D eigenvalue weighted by Crippen LogP contribution is 2.56. The molecule has 6 aromatic carbocycles. The van der Waals surface area contributed by atoms with Crippen molar-refractivity contribution in [1.82, 2.24) is 0 Å². The Morgan fingerprint density at radius 1 is 0.544 bits per heavy atom. The van der Waals surface area contributed by atoms with Gasteiger partial charge < -0.3 is 9.64 Å². The summed E-state index contributed by atoms with van der Waals surface area (Å²) in [7, 11) is 0. The Morgan fingerprint density at radius 2 is 1.00 bits per heavy atom. The van der Waals surface area contributed by atoms with E-state index in [2.05, 4.69) is 45.3 Å². The number of hydrogen-bond donors (Lipinski definition) is 0. The fourth-order valence-electron chi connectivity index (χ4n) is 5.97. The monoisotopic (exact) mass is 795 g/mol. The maximum absolute atomic E-state index is 14.3. The molecule has 0 bridgehead atoms. The quantitative estimate of drug-likeness (QED) is 0.0535. The third-order valence-electron chi connectivity index (χ3n) is 9.07. The summed E-state index contributed by atoms with van der Waals surface area (Å²) in [6.45, 7) is 5.94. The summed E-state index contributed by atoms with van der Waals surface area (Å²) in [5, 5.41) is 21.4. The molecular formula is C41H30F9N5O2. The van der Waals surface area contributed by atoms with E-state index in [4.69, 9.17) is 4.74 Å². The summed E-state index contributed by atoms with van der Waals surface area (Å²) in [4.78, 5) is 14.8. The Bertz CT molecular complexity index is 2470. The number of nitrogens with zero attached hydrogens (tertiary/aromatic N) is 5. The first-order chi connectivity index (χ1) is 27.0. The van der Waals surface area contributed by atoms with Gasteiger partial charge >= 0.3 is 29.9 Å². The Morgan fingerprint density at radius 3 is 1.49 bits per heavy atom. The van der Waals surface area contributed by atoms with E-state index in [1.807, 2.05) is 54.6 Å². The summed E-state index contributed by atoms with van der Waals surface area (Å²) >= 11 is 0. The van der Waals surface area contributed by atoms with Gasteiger partial charge in [-0.2, -0.15) is 44.6 Å². The first kappa shape index (κ1) is 40.3. The molecule has 0 atom stereocenters. The Hall–Kier alpha value is -6.32. The van der Waals surface area contributed by atoms with Gasteiger partial charge in [0.25, 0.3) is 0 Å². The summed E-state index contributed by atoms with van der Waals surface area (Å²) in [5.74, 6) is -21.1. The van der Waals surface area contributed by atoms with Gasteiger partial charge in [-0.3, -0.25) is 0 Å². The minimum Gasteiger partial charge on any atom is -0.423 e. The normalized spacial score (nSPS) is 12.9. The summed E-state index contributed by atoms with van der Waals surface area (Å²) in [5.41, 5.74) is 0.935. The lowest BCUT2D eigenvalue weighted by Gasteiger charge is -2.33. The Kier molecular flexibility index (Phi) is 11.1. The second-order valence-corrected chi connectivity index (χ2v) is 12.6. The molecule has 0 aliphatic heterocycles. The molecule has 0 aliphatic rings. The van der Waals surface area contributed by atoms with E-state index in [0.29, 0.717) is 34.9 Å². The average molecular weight is 796 g/mol. The molecule has 0 N–H and O–H groups in total. The van der Waals surface area contributed by atoms with E-state index in [0.717, 1.165) is 40.3 Å². The molecule has 0 heterocycles. The topological polar surface area (TPSA) is 79.0 Å². The highest BCUT2D eigenvalue weighted by Gasteiger charge is 2.82. The van der Waals surface area contributed by atoms with Crippen LogP contribution in [0.4, 0.5) is 68.0 Å². The molecule has 0 fully saturated rings. The van der Waals surface area contributed by atoms with Crippen molar-refractivity contribution in [3.8, 4) is 5.75 Å². The van der Waals surface area contributed by atoms with E-state index >= 15 is 0 Å². The van der Waals surface area contributed by atoms with Crippen LogP contribution in [0.1, 0.15) is 29.8 Å². The highest BCUT2D eigenvalue weighted by atomic mass is 19.4. The van der Waals surface area contributed by atoms with Crippen molar-refractivity contribution in [3.05, 3.63) is 132 Å². The Balaban J connectivity index is 1.15. The zero-order chi connectivity index (χ0) is 41.2. The number of carbonyl (C=O) groups is 1. The van der Waals surface area contributed by atoms with Crippen LogP contribution in [-0.4, -0.2) is 37.1 Å². The molecule has 0 unspecified atom stereocenters. The maximum Gasteiger partial charge on any atom is 0.460 e. The maximum atomic E-state index is 14.3. The molecule has 6 aromatic rings. The van der Waals surface area contributed by atoms with Crippen LogP contribution in [0.25, 0.3) is 21.5 Å². The van der Waals surface area contributed by atoms with Crippen molar-refractivity contribution in [2.75, 3.05) is 18.0 Å². The van der Waals surface area contributed by atoms with E-state index in [-0.39, 0.29) is 17.9 Å². The van der Waals surface area contributed by atoms with Gasteiger partial charge in [0.2, 0.25) is 0 Å². The van der Waals surface area contributed by atoms with E-state index < -0.39 is 41.0 Å². The van der Waals surface area contributed by atoms with Gasteiger partial charge in [0.15, 0.2) is 0 Å². The third kappa shape index (κ3) is 7.76. The first-order valence-electron chi connectivity index (χ1n) is 17.2. The average Bonchev–Trinajstić information content (AvgIpc) is 3.20. The number of carbonyl (C=O) groups excluding carboxylic acids is 1. The van der Waals surface area contributed by atoms with Crippen molar-refractivity contribution in [2.24, 2.45) is 20.5 Å². The van der Waals surface area contributed by atoms with Crippen LogP contribution in [0, 0.1) is 0 Å². The van der Waals surface area contributed by atoms with E-state index in [1.165, 1.54) is 24.3 Å². The van der Waals surface area contributed by atoms with Gasteiger partial charge in [0, 0.05) is 45.9 Å². The largest absolute Gasteiger partial charge is 0.460 e. The minimum absolute atomic E-state index is 0.0552. The van der Waals surface area contributed by atoms with Crippen molar-refractivity contribution in [2.45, 2.75) is 37.8 Å². The fraction of sp³-hybridized carbons (Fsp3) is 0.195. The lowest BCUT2D eigenvalue weighted by molar-refractivity contribution is -0.399. The number of rotatable bonds is 12. The number of hydrogen-bond acceptors (Lipinski definition) is 7. The third-order valence-corrected chi connectivity index (χ3v) is 9.07. The molecule has 7 nitrogen and oxygen atoms in total. The summed E-state index contributed by atoms with van der Waals surface area (Å²) in [6, 6.07) is 29.8. The molecular weight excluding hydrogens is 765 g/mol. The van der Waals surface area contributed by atoms with Gasteiger partial charge in [0.05, 0.1) is 28.3 Å². The number of halogens is 9. The molecule has 6 rings (SSSR count). The van der Waals surface area contributed by atoms with Crippen LogP contribution < -0.4 is 9.64 Å². The number of azo groups is 2. The fourth-order valence-corrected chi connectivity index (χ4v) is 5.97. The molecule has 0 saturated heterocycles. The molecule has 0 saturated carbocycles. The second kappa shape index (κ2) is 15.7. The molecule has 0 amide bonds. The minimum atomic E-state index is -7.05. The van der Waals surface area contributed by atoms with Gasteiger partial charge in [-0.1, -0.05) is 60.7 Å². The van der Waals surface area contributed by atoms with Crippen molar-refractivity contribution in [3.63, 3.8) is 0 Å². The van der Waals surface area contributed by atoms with Crippen molar-refractivity contribution < 1.29 is 49.0 Å². The predicted octanol–water partition coefficient (Wildman–Crippen LogP) is 13.8. The SMILES string of the molecule is CCN(CC)c1ccc(N=Nc2ccc(N=Nc3ccc(OC(=O)c4ccc(C(F)(F)C(F)(F)C(F)(F)C(F)(F)F)cc4)cc3)c3ccccc23)c2ccccc12.